The topological polar surface area (TPSA) is 153 Å². The molecule has 1 heterocycles. The fourth-order valence-corrected chi connectivity index (χ4v) is 5.39. The molecule has 12 heteroatoms. The van der Waals surface area contributed by atoms with Crippen molar-refractivity contribution in [1.29, 1.82) is 0 Å². The molecule has 0 radical (unpaired) electrons. The number of nitrogens with one attached hydrogen (secondary N) is 4. The van der Waals surface area contributed by atoms with Crippen molar-refractivity contribution in [3.8, 4) is 28.4 Å². The molecule has 0 saturated carbocycles. The van der Waals surface area contributed by atoms with Crippen LogP contribution in [0.1, 0.15) is 44.4 Å². The largest absolute Gasteiger partial charge is 0.493 e. The maximum absolute atomic E-state index is 13.7. The molecule has 234 valence electrons. The number of carbonyl (C=O) groups is 2. The van der Waals surface area contributed by atoms with Crippen LogP contribution in [0.4, 0.5) is 11.6 Å². The second kappa shape index (κ2) is 14.5. The number of hydrogen-bond acceptors (Lipinski definition) is 10. The Morgan fingerprint density at radius 3 is 2.36 bits per heavy atom. The minimum absolute atomic E-state index is 0.132. The summed E-state index contributed by atoms with van der Waals surface area (Å²) in [4.78, 5) is 47.4. The summed E-state index contributed by atoms with van der Waals surface area (Å²) in [6.45, 7) is 6.03. The highest BCUT2D eigenvalue weighted by atomic mass is 16.5. The second-order valence-corrected chi connectivity index (χ2v) is 10.8. The van der Waals surface area contributed by atoms with Crippen LogP contribution in [0.3, 0.4) is 0 Å². The Balaban J connectivity index is 1.70. The Morgan fingerprint density at radius 1 is 1.00 bits per heavy atom. The van der Waals surface area contributed by atoms with E-state index in [0.717, 1.165) is 11.1 Å². The third-order valence-corrected chi connectivity index (χ3v) is 7.45. The summed E-state index contributed by atoms with van der Waals surface area (Å²) in [6.07, 6.45) is 4.40. The van der Waals surface area contributed by atoms with Gasteiger partial charge in [-0.15, -0.1) is 0 Å². The first-order valence-electron chi connectivity index (χ1n) is 14.5. The molecule has 0 aliphatic heterocycles. The van der Waals surface area contributed by atoms with Crippen LogP contribution < -0.4 is 40.9 Å². The number of fused-ring (bicyclic) bond motifs is 3. The molecule has 4 rings (SSSR count). The number of rotatable bonds is 12. The van der Waals surface area contributed by atoms with E-state index in [4.69, 9.17) is 14.2 Å². The van der Waals surface area contributed by atoms with Gasteiger partial charge in [0, 0.05) is 38.0 Å². The molecule has 0 unspecified atom stereocenters. The molecule has 12 nitrogen and oxygen atoms in total. The van der Waals surface area contributed by atoms with Crippen molar-refractivity contribution in [3.63, 3.8) is 0 Å². The quantitative estimate of drug-likeness (QED) is 0.227. The molecule has 2 amide bonds. The molecule has 4 N–H and O–H groups in total. The zero-order chi connectivity index (χ0) is 31.8. The van der Waals surface area contributed by atoms with Crippen molar-refractivity contribution in [3.05, 3.63) is 64.1 Å². The van der Waals surface area contributed by atoms with Crippen LogP contribution in [0.5, 0.6) is 17.2 Å². The second-order valence-electron chi connectivity index (χ2n) is 10.8. The Kier molecular flexibility index (Phi) is 10.6. The Bertz CT molecular complexity index is 1550. The smallest absolute Gasteiger partial charge is 0.242 e. The summed E-state index contributed by atoms with van der Waals surface area (Å²) in [7, 11) is 4.65. The molecule has 0 saturated heterocycles. The van der Waals surface area contributed by atoms with Gasteiger partial charge in [-0.1, -0.05) is 19.9 Å². The van der Waals surface area contributed by atoms with Gasteiger partial charge in [0.2, 0.25) is 28.9 Å². The molecule has 0 fully saturated rings. The Morgan fingerprint density at radius 2 is 1.73 bits per heavy atom. The molecular formula is C32H40N6O6. The van der Waals surface area contributed by atoms with Crippen LogP contribution in [0.2, 0.25) is 0 Å². The number of hydrogen-bond donors (Lipinski definition) is 4. The van der Waals surface area contributed by atoms with Crippen LogP contribution in [0.15, 0.2) is 47.5 Å². The van der Waals surface area contributed by atoms with Gasteiger partial charge < -0.3 is 35.5 Å². The summed E-state index contributed by atoms with van der Waals surface area (Å²) in [5, 5.41) is 12.2. The number of nitrogens with zero attached hydrogens (tertiary/aromatic N) is 2. The highest BCUT2D eigenvalue weighted by Crippen LogP contribution is 2.50. The summed E-state index contributed by atoms with van der Waals surface area (Å²) >= 11 is 0. The van der Waals surface area contributed by atoms with Gasteiger partial charge in [0.1, 0.15) is 6.04 Å². The molecule has 1 aromatic heterocycles. The summed E-state index contributed by atoms with van der Waals surface area (Å²) in [5.41, 5.74) is 2.97. The van der Waals surface area contributed by atoms with Gasteiger partial charge >= 0.3 is 0 Å². The molecule has 0 bridgehead atoms. The molecule has 0 spiro atoms. The van der Waals surface area contributed by atoms with Gasteiger partial charge in [0.25, 0.3) is 0 Å². The highest BCUT2D eigenvalue weighted by molar-refractivity contribution is 5.86. The molecule has 3 aromatic rings. The molecule has 2 atom stereocenters. The van der Waals surface area contributed by atoms with E-state index in [1.54, 1.807) is 38.7 Å². The maximum Gasteiger partial charge on any atom is 0.242 e. The van der Waals surface area contributed by atoms with Crippen molar-refractivity contribution in [2.75, 3.05) is 45.1 Å². The molecule has 44 heavy (non-hydrogen) atoms. The van der Waals surface area contributed by atoms with Crippen LogP contribution in [-0.2, 0) is 16.0 Å². The van der Waals surface area contributed by atoms with Crippen molar-refractivity contribution < 1.29 is 23.8 Å². The fourth-order valence-electron chi connectivity index (χ4n) is 5.39. The molecule has 1 aliphatic rings. The van der Waals surface area contributed by atoms with Gasteiger partial charge in [-0.2, -0.15) is 0 Å². The average Bonchev–Trinajstić information content (AvgIpc) is 3.25. The number of ether oxygens (including phenoxy) is 3. The van der Waals surface area contributed by atoms with E-state index in [1.165, 1.54) is 20.1 Å². The van der Waals surface area contributed by atoms with Crippen LogP contribution >= 0.6 is 0 Å². The van der Waals surface area contributed by atoms with E-state index < -0.39 is 12.1 Å². The van der Waals surface area contributed by atoms with Gasteiger partial charge in [0.05, 0.1) is 33.1 Å². The first kappa shape index (κ1) is 32.1. The number of methoxy groups -OCH3 is 3. The standard InChI is InChI=1S/C32H40N6O6/c1-18(2)28(31(41)33-14-15-36-32-34-12-7-13-35-32)38-24-11-9-21-22(17-25(24)40)23(37-19(3)39)10-8-20-16-26(42-4)29(43-5)30(44-6)27(20)21/h7,9,11-13,16-18,23,28H,8,10,14-15H2,1-6H3,(H,33,41)(H,37,39)(H,38,40)(H,34,35,36)/t23-,28-/m1/s1. The zero-order valence-electron chi connectivity index (χ0n) is 25.9. The Hall–Kier alpha value is -4.87. The van der Waals surface area contributed by atoms with E-state index in [-0.39, 0.29) is 28.8 Å². The third-order valence-electron chi connectivity index (χ3n) is 7.45. The summed E-state index contributed by atoms with van der Waals surface area (Å²) in [6, 6.07) is 7.53. The molecule has 1 aliphatic carbocycles. The fraction of sp³-hybridized carbons (Fsp3) is 0.406. The first-order chi connectivity index (χ1) is 21.2. The minimum Gasteiger partial charge on any atom is -0.493 e. The van der Waals surface area contributed by atoms with E-state index in [0.29, 0.717) is 60.3 Å². The number of benzene rings is 1. The lowest BCUT2D eigenvalue weighted by atomic mass is 9.95. The average molecular weight is 605 g/mol. The van der Waals surface area contributed by atoms with Crippen molar-refractivity contribution in [2.45, 2.75) is 45.7 Å². The van der Waals surface area contributed by atoms with Gasteiger partial charge in [-0.25, -0.2) is 9.97 Å². The number of aromatic nitrogens is 2. The predicted octanol–water partition coefficient (Wildman–Crippen LogP) is 3.32. The van der Waals surface area contributed by atoms with Crippen molar-refractivity contribution in [2.24, 2.45) is 5.92 Å². The lowest BCUT2D eigenvalue weighted by Crippen LogP contribution is -2.45. The Labute approximate surface area is 256 Å². The van der Waals surface area contributed by atoms with Crippen LogP contribution in [-0.4, -0.2) is 62.2 Å². The maximum atomic E-state index is 13.7. The third kappa shape index (κ3) is 7.19. The number of carbonyl (C=O) groups excluding carboxylic acids is 2. The lowest BCUT2D eigenvalue weighted by Gasteiger charge is -2.22. The monoisotopic (exact) mass is 604 g/mol. The highest BCUT2D eigenvalue weighted by Gasteiger charge is 2.30. The lowest BCUT2D eigenvalue weighted by molar-refractivity contribution is -0.122. The van der Waals surface area contributed by atoms with Crippen molar-refractivity contribution >= 4 is 23.5 Å². The predicted molar refractivity (Wildman–Crippen MR) is 168 cm³/mol. The van der Waals surface area contributed by atoms with Gasteiger partial charge in [-0.3, -0.25) is 14.4 Å². The van der Waals surface area contributed by atoms with E-state index >= 15 is 0 Å². The van der Waals surface area contributed by atoms with Gasteiger partial charge in [0.15, 0.2) is 11.5 Å². The molecule has 2 aromatic carbocycles. The number of aryl methyl sites for hydroxylation is 1. The zero-order valence-corrected chi connectivity index (χ0v) is 25.9. The molecular weight excluding hydrogens is 564 g/mol. The minimum atomic E-state index is -0.685. The van der Waals surface area contributed by atoms with Crippen molar-refractivity contribution in [1.82, 2.24) is 20.6 Å². The van der Waals surface area contributed by atoms with E-state index in [1.807, 2.05) is 26.0 Å². The number of anilines is 2. The summed E-state index contributed by atoms with van der Waals surface area (Å²) in [5.74, 6) is 1.29. The van der Waals surface area contributed by atoms with Crippen LogP contribution in [0.25, 0.3) is 11.1 Å². The normalized spacial score (nSPS) is 14.3. The first-order valence-corrected chi connectivity index (χ1v) is 14.5. The van der Waals surface area contributed by atoms with E-state index in [2.05, 4.69) is 31.2 Å². The SMILES string of the molecule is COc1cc2c(c(OC)c1OC)-c1ccc(N[C@@H](C(=O)NCCNc3ncccn3)C(C)C)c(=O)cc1[C@H](NC(C)=O)CC2. The van der Waals surface area contributed by atoms with Gasteiger partial charge in [-0.05, 0) is 59.7 Å². The number of amides is 2. The van der Waals surface area contributed by atoms with Crippen LogP contribution in [0, 0.1) is 5.92 Å². The summed E-state index contributed by atoms with van der Waals surface area (Å²) < 4.78 is 17.1. The van der Waals surface area contributed by atoms with E-state index in [9.17, 15) is 14.4 Å².